The molecular formula is C17H28N2O4. The topological polar surface area (TPSA) is 95.5 Å². The second kappa shape index (κ2) is 8.31. The van der Waals surface area contributed by atoms with E-state index in [1.54, 1.807) is 0 Å². The number of carboxylic acids is 1. The normalized spacial score (nSPS) is 20.3. The zero-order chi connectivity index (χ0) is 16.7. The van der Waals surface area contributed by atoms with Crippen LogP contribution in [0.2, 0.25) is 0 Å². The van der Waals surface area contributed by atoms with Crippen LogP contribution >= 0.6 is 0 Å². The van der Waals surface area contributed by atoms with Crippen LogP contribution in [0.4, 0.5) is 0 Å². The van der Waals surface area contributed by atoms with Crippen LogP contribution in [0.15, 0.2) is 0 Å². The number of carboxylic acid groups (broad SMARTS) is 1. The van der Waals surface area contributed by atoms with Crippen molar-refractivity contribution < 1.29 is 19.5 Å². The first-order valence-corrected chi connectivity index (χ1v) is 8.79. The molecule has 0 aromatic heterocycles. The molecule has 0 saturated heterocycles. The van der Waals surface area contributed by atoms with Gasteiger partial charge in [0.15, 0.2) is 0 Å². The van der Waals surface area contributed by atoms with Gasteiger partial charge in [0.1, 0.15) is 0 Å². The third-order valence-electron chi connectivity index (χ3n) is 5.16. The molecule has 3 N–H and O–H groups in total. The van der Waals surface area contributed by atoms with E-state index in [1.807, 2.05) is 0 Å². The van der Waals surface area contributed by atoms with Crippen molar-refractivity contribution in [1.29, 1.82) is 0 Å². The number of hydrogen-bond acceptors (Lipinski definition) is 3. The number of amides is 2. The van der Waals surface area contributed by atoms with Gasteiger partial charge in [-0.2, -0.15) is 0 Å². The van der Waals surface area contributed by atoms with Gasteiger partial charge in [0, 0.05) is 6.42 Å². The Hall–Kier alpha value is -1.59. The lowest BCUT2D eigenvalue weighted by atomic mass is 9.93. The number of rotatable bonds is 8. The number of carbonyl (C=O) groups excluding carboxylic acids is 2. The summed E-state index contributed by atoms with van der Waals surface area (Å²) in [5.74, 6) is -0.618. The Labute approximate surface area is 137 Å². The molecule has 0 aliphatic heterocycles. The molecule has 2 amide bonds. The summed E-state index contributed by atoms with van der Waals surface area (Å²) in [5.41, 5.74) is -0.627. The van der Waals surface area contributed by atoms with Crippen LogP contribution in [0.1, 0.15) is 70.6 Å². The summed E-state index contributed by atoms with van der Waals surface area (Å²) >= 11 is 0. The molecule has 2 aliphatic rings. The highest BCUT2D eigenvalue weighted by Crippen LogP contribution is 2.32. The summed E-state index contributed by atoms with van der Waals surface area (Å²) in [5, 5.41) is 14.5. The Morgan fingerprint density at radius 2 is 1.65 bits per heavy atom. The predicted molar refractivity (Wildman–Crippen MR) is 85.8 cm³/mol. The van der Waals surface area contributed by atoms with Crippen molar-refractivity contribution in [3.05, 3.63) is 0 Å². The van der Waals surface area contributed by atoms with E-state index < -0.39 is 11.5 Å². The minimum Gasteiger partial charge on any atom is -0.481 e. The van der Waals surface area contributed by atoms with Gasteiger partial charge in [-0.15, -0.1) is 0 Å². The van der Waals surface area contributed by atoms with Crippen LogP contribution < -0.4 is 10.6 Å². The molecule has 6 nitrogen and oxygen atoms in total. The largest absolute Gasteiger partial charge is 0.481 e. The molecule has 23 heavy (non-hydrogen) atoms. The van der Waals surface area contributed by atoms with Gasteiger partial charge in [-0.3, -0.25) is 14.4 Å². The summed E-state index contributed by atoms with van der Waals surface area (Å²) < 4.78 is 0. The van der Waals surface area contributed by atoms with E-state index in [0.717, 1.165) is 19.3 Å². The molecule has 0 spiro atoms. The number of hydrogen-bond donors (Lipinski definition) is 3. The number of nitrogens with one attached hydrogen (secondary N) is 2. The highest BCUT2D eigenvalue weighted by molar-refractivity contribution is 5.85. The molecule has 2 saturated carbocycles. The van der Waals surface area contributed by atoms with Crippen molar-refractivity contribution in [2.75, 3.05) is 6.54 Å². The first-order valence-electron chi connectivity index (χ1n) is 8.79. The Kier molecular flexibility index (Phi) is 6.42. The first kappa shape index (κ1) is 17.8. The van der Waals surface area contributed by atoms with E-state index >= 15 is 0 Å². The molecule has 130 valence electrons. The maximum atomic E-state index is 12.0. The maximum absolute atomic E-state index is 12.0. The van der Waals surface area contributed by atoms with Crippen molar-refractivity contribution >= 4 is 17.8 Å². The SMILES string of the molecule is O=C(O)CC1(NC(=O)CNC(=O)CCC2CCCC2)CCCC1. The van der Waals surface area contributed by atoms with E-state index in [0.29, 0.717) is 25.2 Å². The molecule has 0 unspecified atom stereocenters. The standard InChI is InChI=1S/C17H28N2O4/c20-14(8-7-13-5-1-2-6-13)18-12-15(21)19-17(11-16(22)23)9-3-4-10-17/h13H,1-12H2,(H,18,20)(H,19,21)(H,22,23). The highest BCUT2D eigenvalue weighted by atomic mass is 16.4. The van der Waals surface area contributed by atoms with E-state index in [4.69, 9.17) is 5.11 Å². The molecule has 0 bridgehead atoms. The lowest BCUT2D eigenvalue weighted by Crippen LogP contribution is -2.51. The van der Waals surface area contributed by atoms with E-state index in [9.17, 15) is 14.4 Å². The van der Waals surface area contributed by atoms with Gasteiger partial charge in [0.2, 0.25) is 11.8 Å². The molecule has 0 radical (unpaired) electrons. The Morgan fingerprint density at radius 3 is 2.26 bits per heavy atom. The summed E-state index contributed by atoms with van der Waals surface area (Å²) in [6.45, 7) is -0.0646. The second-order valence-corrected chi connectivity index (χ2v) is 7.07. The van der Waals surface area contributed by atoms with E-state index in [1.165, 1.54) is 25.7 Å². The summed E-state index contributed by atoms with van der Waals surface area (Å²) in [6.07, 6.45) is 9.53. The maximum Gasteiger partial charge on any atom is 0.305 e. The third-order valence-corrected chi connectivity index (χ3v) is 5.16. The molecule has 0 heterocycles. The molecule has 0 atom stereocenters. The van der Waals surface area contributed by atoms with E-state index in [2.05, 4.69) is 10.6 Å². The second-order valence-electron chi connectivity index (χ2n) is 7.07. The highest BCUT2D eigenvalue weighted by Gasteiger charge is 2.37. The van der Waals surface area contributed by atoms with Crippen molar-refractivity contribution in [1.82, 2.24) is 10.6 Å². The molecule has 0 aromatic carbocycles. The molecule has 2 aliphatic carbocycles. The van der Waals surface area contributed by atoms with Crippen LogP contribution in [-0.2, 0) is 14.4 Å². The van der Waals surface area contributed by atoms with E-state index in [-0.39, 0.29) is 24.8 Å². The Morgan fingerprint density at radius 1 is 1.00 bits per heavy atom. The van der Waals surface area contributed by atoms with Crippen molar-refractivity contribution in [2.45, 2.75) is 76.2 Å². The minimum absolute atomic E-state index is 0.0473. The number of carbonyl (C=O) groups is 3. The van der Waals surface area contributed by atoms with Gasteiger partial charge >= 0.3 is 5.97 Å². The average Bonchev–Trinajstić information content (AvgIpc) is 3.14. The van der Waals surface area contributed by atoms with Crippen LogP contribution in [0, 0.1) is 5.92 Å². The average molecular weight is 324 g/mol. The molecular weight excluding hydrogens is 296 g/mol. The molecule has 0 aromatic rings. The summed E-state index contributed by atoms with van der Waals surface area (Å²) in [4.78, 5) is 34.8. The van der Waals surface area contributed by atoms with Gasteiger partial charge in [0.25, 0.3) is 0 Å². The first-order chi connectivity index (χ1) is 11.0. The van der Waals surface area contributed by atoms with Gasteiger partial charge in [-0.05, 0) is 25.2 Å². The van der Waals surface area contributed by atoms with Crippen molar-refractivity contribution in [3.8, 4) is 0 Å². The zero-order valence-electron chi connectivity index (χ0n) is 13.7. The van der Waals surface area contributed by atoms with Crippen LogP contribution in [0.25, 0.3) is 0 Å². The summed E-state index contributed by atoms with van der Waals surface area (Å²) in [6, 6.07) is 0. The zero-order valence-corrected chi connectivity index (χ0v) is 13.7. The fourth-order valence-electron chi connectivity index (χ4n) is 3.93. The predicted octanol–water partition coefficient (Wildman–Crippen LogP) is 1.98. The van der Waals surface area contributed by atoms with Crippen molar-refractivity contribution in [2.24, 2.45) is 5.92 Å². The van der Waals surface area contributed by atoms with Crippen LogP contribution in [-0.4, -0.2) is 35.0 Å². The number of aliphatic carboxylic acids is 1. The smallest absolute Gasteiger partial charge is 0.305 e. The quantitative estimate of drug-likeness (QED) is 0.636. The van der Waals surface area contributed by atoms with Gasteiger partial charge in [-0.25, -0.2) is 0 Å². The Balaban J connectivity index is 1.68. The minimum atomic E-state index is -0.896. The summed E-state index contributed by atoms with van der Waals surface area (Å²) in [7, 11) is 0. The fourth-order valence-corrected chi connectivity index (χ4v) is 3.93. The van der Waals surface area contributed by atoms with Crippen LogP contribution in [0.3, 0.4) is 0 Å². The van der Waals surface area contributed by atoms with Gasteiger partial charge in [0.05, 0.1) is 18.5 Å². The van der Waals surface area contributed by atoms with Crippen LogP contribution in [0.5, 0.6) is 0 Å². The van der Waals surface area contributed by atoms with Crippen molar-refractivity contribution in [3.63, 3.8) is 0 Å². The monoisotopic (exact) mass is 324 g/mol. The molecule has 6 heteroatoms. The lowest BCUT2D eigenvalue weighted by Gasteiger charge is -2.28. The third kappa shape index (κ3) is 5.84. The lowest BCUT2D eigenvalue weighted by molar-refractivity contribution is -0.139. The van der Waals surface area contributed by atoms with Gasteiger partial charge in [-0.1, -0.05) is 38.5 Å². The van der Waals surface area contributed by atoms with Gasteiger partial charge < -0.3 is 15.7 Å². The Bertz CT molecular complexity index is 438. The molecule has 2 fully saturated rings. The fraction of sp³-hybridized carbons (Fsp3) is 0.824. The molecule has 2 rings (SSSR count).